The molecule has 1 unspecified atom stereocenters. The van der Waals surface area contributed by atoms with E-state index in [9.17, 15) is 14.0 Å². The lowest BCUT2D eigenvalue weighted by atomic mass is 10.1. The molecule has 2 aromatic carbocycles. The van der Waals surface area contributed by atoms with Crippen molar-refractivity contribution in [1.82, 2.24) is 0 Å². The molecule has 2 aromatic rings. The number of carbonyl (C=O) groups is 2. The summed E-state index contributed by atoms with van der Waals surface area (Å²) in [7, 11) is 0. The highest BCUT2D eigenvalue weighted by Crippen LogP contribution is 2.22. The minimum Gasteiger partial charge on any atom is -0.460 e. The highest BCUT2D eigenvalue weighted by atomic mass is 19.1. The van der Waals surface area contributed by atoms with Crippen molar-refractivity contribution in [3.63, 3.8) is 0 Å². The Morgan fingerprint density at radius 3 is 2.29 bits per heavy atom. The monoisotopic (exact) mass is 329 g/mol. The molecule has 126 valence electrons. The zero-order valence-electron chi connectivity index (χ0n) is 13.9. The maximum absolute atomic E-state index is 13.3. The van der Waals surface area contributed by atoms with Gasteiger partial charge in [-0.1, -0.05) is 30.3 Å². The molecule has 1 N–H and O–H groups in total. The standard InChI is InChI=1S/C19H20FNO3/c1-12-9-16(20)10-13(2)17(12)21-18(22)14(3)19(23)24-11-15-7-5-4-6-8-15/h4-10,14H,11H2,1-3H3,(H,21,22). The van der Waals surface area contributed by atoms with Gasteiger partial charge in [0.2, 0.25) is 5.91 Å². The second-order valence-electron chi connectivity index (χ2n) is 5.72. The van der Waals surface area contributed by atoms with Crippen LogP contribution < -0.4 is 5.32 Å². The Kier molecular flexibility index (Phi) is 5.68. The van der Waals surface area contributed by atoms with Crippen molar-refractivity contribution in [3.8, 4) is 0 Å². The van der Waals surface area contributed by atoms with Crippen LogP contribution in [0.25, 0.3) is 0 Å². The Balaban J connectivity index is 1.98. The number of benzene rings is 2. The number of hydrogen-bond acceptors (Lipinski definition) is 3. The zero-order chi connectivity index (χ0) is 17.7. The topological polar surface area (TPSA) is 55.4 Å². The van der Waals surface area contributed by atoms with E-state index in [1.165, 1.54) is 19.1 Å². The van der Waals surface area contributed by atoms with E-state index in [1.54, 1.807) is 13.8 Å². The van der Waals surface area contributed by atoms with Crippen LogP contribution in [0, 0.1) is 25.6 Å². The molecule has 0 fully saturated rings. The summed E-state index contributed by atoms with van der Waals surface area (Å²) in [4.78, 5) is 24.3. The number of ether oxygens (including phenoxy) is 1. The summed E-state index contributed by atoms with van der Waals surface area (Å²) >= 11 is 0. The second kappa shape index (κ2) is 7.73. The molecule has 0 aliphatic heterocycles. The lowest BCUT2D eigenvalue weighted by Crippen LogP contribution is -2.29. The predicted octanol–water partition coefficient (Wildman–Crippen LogP) is 3.76. The first-order chi connectivity index (χ1) is 11.4. The van der Waals surface area contributed by atoms with E-state index in [1.807, 2.05) is 30.3 Å². The minimum absolute atomic E-state index is 0.117. The van der Waals surface area contributed by atoms with Gasteiger partial charge in [0.25, 0.3) is 0 Å². The van der Waals surface area contributed by atoms with E-state index in [-0.39, 0.29) is 12.4 Å². The molecule has 0 aromatic heterocycles. The number of esters is 1. The van der Waals surface area contributed by atoms with Gasteiger partial charge in [-0.15, -0.1) is 0 Å². The third-order valence-corrected chi connectivity index (χ3v) is 3.72. The molecular weight excluding hydrogens is 309 g/mol. The fourth-order valence-corrected chi connectivity index (χ4v) is 2.30. The molecule has 24 heavy (non-hydrogen) atoms. The summed E-state index contributed by atoms with van der Waals surface area (Å²) < 4.78 is 18.5. The van der Waals surface area contributed by atoms with E-state index >= 15 is 0 Å². The van der Waals surface area contributed by atoms with Crippen molar-refractivity contribution in [2.75, 3.05) is 5.32 Å². The number of aryl methyl sites for hydroxylation is 2. The maximum atomic E-state index is 13.3. The lowest BCUT2D eigenvalue weighted by molar-refractivity contribution is -0.151. The van der Waals surface area contributed by atoms with E-state index in [0.717, 1.165) is 5.56 Å². The molecular formula is C19H20FNO3. The highest BCUT2D eigenvalue weighted by Gasteiger charge is 2.24. The van der Waals surface area contributed by atoms with E-state index in [0.29, 0.717) is 16.8 Å². The Hall–Kier alpha value is -2.69. The number of nitrogens with one attached hydrogen (secondary N) is 1. The molecule has 0 aliphatic rings. The molecule has 0 radical (unpaired) electrons. The maximum Gasteiger partial charge on any atom is 0.318 e. The third-order valence-electron chi connectivity index (χ3n) is 3.72. The van der Waals surface area contributed by atoms with Crippen LogP contribution in [-0.4, -0.2) is 11.9 Å². The van der Waals surface area contributed by atoms with Crippen LogP contribution in [0.2, 0.25) is 0 Å². The van der Waals surface area contributed by atoms with Gasteiger partial charge in [0.05, 0.1) is 0 Å². The number of amides is 1. The van der Waals surface area contributed by atoms with Gasteiger partial charge >= 0.3 is 5.97 Å². The summed E-state index contributed by atoms with van der Waals surface area (Å²) in [5.74, 6) is -2.41. The molecule has 0 saturated carbocycles. The van der Waals surface area contributed by atoms with Crippen molar-refractivity contribution in [2.45, 2.75) is 27.4 Å². The molecule has 0 heterocycles. The van der Waals surface area contributed by atoms with Crippen LogP contribution in [0.5, 0.6) is 0 Å². The number of carbonyl (C=O) groups excluding carboxylic acids is 2. The van der Waals surface area contributed by atoms with Crippen molar-refractivity contribution < 1.29 is 18.7 Å². The molecule has 0 saturated heterocycles. The Morgan fingerprint density at radius 1 is 1.12 bits per heavy atom. The van der Waals surface area contributed by atoms with Crippen LogP contribution in [0.15, 0.2) is 42.5 Å². The molecule has 2 rings (SSSR count). The Morgan fingerprint density at radius 2 is 1.71 bits per heavy atom. The predicted molar refractivity (Wildman–Crippen MR) is 89.9 cm³/mol. The van der Waals surface area contributed by atoms with Gasteiger partial charge in [-0.25, -0.2) is 4.39 Å². The average molecular weight is 329 g/mol. The van der Waals surface area contributed by atoms with Crippen LogP contribution >= 0.6 is 0 Å². The molecule has 0 aliphatic carbocycles. The van der Waals surface area contributed by atoms with Crippen molar-refractivity contribution in [1.29, 1.82) is 0 Å². The largest absolute Gasteiger partial charge is 0.460 e. The van der Waals surface area contributed by atoms with Gasteiger partial charge < -0.3 is 10.1 Å². The quantitative estimate of drug-likeness (QED) is 0.671. The molecule has 0 spiro atoms. The summed E-state index contributed by atoms with van der Waals surface area (Å²) in [6.45, 7) is 5.00. The van der Waals surface area contributed by atoms with Crippen LogP contribution in [-0.2, 0) is 20.9 Å². The molecule has 1 atom stereocenters. The van der Waals surface area contributed by atoms with E-state index < -0.39 is 17.8 Å². The van der Waals surface area contributed by atoms with Gasteiger partial charge in [0, 0.05) is 5.69 Å². The zero-order valence-corrected chi connectivity index (χ0v) is 13.9. The minimum atomic E-state index is -0.961. The fraction of sp³-hybridized carbons (Fsp3) is 0.263. The molecule has 0 bridgehead atoms. The van der Waals surface area contributed by atoms with Crippen molar-refractivity contribution in [3.05, 3.63) is 65.0 Å². The van der Waals surface area contributed by atoms with Gasteiger partial charge in [-0.05, 0) is 49.6 Å². The number of anilines is 1. The first kappa shape index (κ1) is 17.7. The normalized spacial score (nSPS) is 11.7. The van der Waals surface area contributed by atoms with E-state index in [4.69, 9.17) is 4.74 Å². The molecule has 4 nitrogen and oxygen atoms in total. The van der Waals surface area contributed by atoms with Gasteiger partial charge in [0.1, 0.15) is 18.3 Å². The third kappa shape index (κ3) is 4.41. The highest BCUT2D eigenvalue weighted by molar-refractivity contribution is 6.05. The van der Waals surface area contributed by atoms with Crippen LogP contribution in [0.4, 0.5) is 10.1 Å². The summed E-state index contributed by atoms with van der Waals surface area (Å²) in [5.41, 5.74) is 2.57. The van der Waals surface area contributed by atoms with Crippen LogP contribution in [0.3, 0.4) is 0 Å². The first-order valence-corrected chi connectivity index (χ1v) is 7.66. The summed E-state index contributed by atoms with van der Waals surface area (Å²) in [6, 6.07) is 11.9. The molecule has 1 amide bonds. The Bertz CT molecular complexity index is 721. The summed E-state index contributed by atoms with van der Waals surface area (Å²) in [5, 5.41) is 2.68. The first-order valence-electron chi connectivity index (χ1n) is 7.66. The number of rotatable bonds is 5. The van der Waals surface area contributed by atoms with Gasteiger partial charge in [0.15, 0.2) is 0 Å². The average Bonchev–Trinajstić information content (AvgIpc) is 2.56. The number of hydrogen-bond donors (Lipinski definition) is 1. The van der Waals surface area contributed by atoms with Gasteiger partial charge in [-0.3, -0.25) is 9.59 Å². The smallest absolute Gasteiger partial charge is 0.318 e. The second-order valence-corrected chi connectivity index (χ2v) is 5.72. The number of halogens is 1. The van der Waals surface area contributed by atoms with Crippen molar-refractivity contribution in [2.24, 2.45) is 5.92 Å². The van der Waals surface area contributed by atoms with Crippen LogP contribution in [0.1, 0.15) is 23.6 Å². The molecule has 5 heteroatoms. The lowest BCUT2D eigenvalue weighted by Gasteiger charge is -2.15. The Labute approximate surface area is 140 Å². The fourth-order valence-electron chi connectivity index (χ4n) is 2.30. The van der Waals surface area contributed by atoms with Crippen molar-refractivity contribution >= 4 is 17.6 Å². The van der Waals surface area contributed by atoms with Gasteiger partial charge in [-0.2, -0.15) is 0 Å². The van der Waals surface area contributed by atoms with E-state index in [2.05, 4.69) is 5.32 Å². The summed E-state index contributed by atoms with van der Waals surface area (Å²) in [6.07, 6.45) is 0. The SMILES string of the molecule is Cc1cc(F)cc(C)c1NC(=O)C(C)C(=O)OCc1ccccc1.